The molecule has 4 heteroatoms. The molecule has 96 valence electrons. The number of aliphatic imine (C=N–C) groups is 1. The topological polar surface area (TPSA) is 48.6 Å². The molecule has 19 heavy (non-hydrogen) atoms. The third-order valence-corrected chi connectivity index (χ3v) is 2.61. The highest BCUT2D eigenvalue weighted by Crippen LogP contribution is 2.11. The van der Waals surface area contributed by atoms with Crippen molar-refractivity contribution in [1.82, 2.24) is 4.90 Å². The van der Waals surface area contributed by atoms with Crippen molar-refractivity contribution in [3.63, 3.8) is 0 Å². The number of rotatable bonds is 5. The van der Waals surface area contributed by atoms with Gasteiger partial charge in [-0.2, -0.15) is 5.26 Å². The van der Waals surface area contributed by atoms with Gasteiger partial charge in [0.05, 0.1) is 18.2 Å². The van der Waals surface area contributed by atoms with Gasteiger partial charge >= 0.3 is 0 Å². The van der Waals surface area contributed by atoms with E-state index in [-0.39, 0.29) is 0 Å². The first-order valence-corrected chi connectivity index (χ1v) is 6.14. The van der Waals surface area contributed by atoms with Crippen molar-refractivity contribution in [2.45, 2.75) is 6.42 Å². The Morgan fingerprint density at radius 1 is 1.21 bits per heavy atom. The van der Waals surface area contributed by atoms with E-state index in [0.717, 1.165) is 18.7 Å². The summed E-state index contributed by atoms with van der Waals surface area (Å²) in [7, 11) is 0. The quantitative estimate of drug-likeness (QED) is 0.758. The molecular weight excluding hydrogens is 238 g/mol. The Bertz CT molecular complexity index is 507. The van der Waals surface area contributed by atoms with E-state index in [1.807, 2.05) is 30.6 Å². The first-order valence-electron chi connectivity index (χ1n) is 6.14. The highest BCUT2D eigenvalue weighted by Gasteiger charge is 1.98. The van der Waals surface area contributed by atoms with Crippen LogP contribution in [0.4, 0.5) is 0 Å². The van der Waals surface area contributed by atoms with E-state index < -0.39 is 0 Å². The minimum absolute atomic E-state index is 0.644. The summed E-state index contributed by atoms with van der Waals surface area (Å²) in [5.41, 5.74) is 0.646. The summed E-state index contributed by atoms with van der Waals surface area (Å²) in [6.45, 7) is 1.53. The van der Waals surface area contributed by atoms with Gasteiger partial charge < -0.3 is 9.64 Å². The SMILES string of the molecule is N#Cc1ccc(OCCCN2C=CC=NC=C2)cc1. The van der Waals surface area contributed by atoms with Crippen molar-refractivity contribution >= 4 is 6.21 Å². The predicted molar refractivity (Wildman–Crippen MR) is 74.7 cm³/mol. The molecule has 0 unspecified atom stereocenters. The Morgan fingerprint density at radius 2 is 2.05 bits per heavy atom. The lowest BCUT2D eigenvalue weighted by molar-refractivity contribution is 0.295. The number of nitrogens with zero attached hydrogens (tertiary/aromatic N) is 3. The molecule has 4 nitrogen and oxygen atoms in total. The summed E-state index contributed by atoms with van der Waals surface area (Å²) in [5.74, 6) is 0.796. The molecule has 0 amide bonds. The normalized spacial score (nSPS) is 13.1. The molecule has 2 rings (SSSR count). The summed E-state index contributed by atoms with van der Waals surface area (Å²) < 4.78 is 5.61. The number of ether oxygens (including phenoxy) is 1. The molecule has 0 spiro atoms. The van der Waals surface area contributed by atoms with Gasteiger partial charge in [0.15, 0.2) is 0 Å². The van der Waals surface area contributed by atoms with E-state index in [9.17, 15) is 0 Å². The van der Waals surface area contributed by atoms with Gasteiger partial charge in [0.1, 0.15) is 5.75 Å². The third-order valence-electron chi connectivity index (χ3n) is 2.61. The minimum atomic E-state index is 0.644. The van der Waals surface area contributed by atoms with Gasteiger partial charge in [-0.05, 0) is 36.8 Å². The van der Waals surface area contributed by atoms with Crippen LogP contribution in [0.25, 0.3) is 0 Å². The van der Waals surface area contributed by atoms with E-state index >= 15 is 0 Å². The molecule has 0 radical (unpaired) electrons. The van der Waals surface area contributed by atoms with Gasteiger partial charge in [-0.3, -0.25) is 4.99 Å². The molecule has 0 aliphatic carbocycles. The van der Waals surface area contributed by atoms with Crippen LogP contribution in [0, 0.1) is 11.3 Å². The van der Waals surface area contributed by atoms with Crippen molar-refractivity contribution in [1.29, 1.82) is 5.26 Å². The van der Waals surface area contributed by atoms with Gasteiger partial charge in [-0.1, -0.05) is 0 Å². The fourth-order valence-electron chi connectivity index (χ4n) is 1.63. The number of benzene rings is 1. The second-order valence-corrected chi connectivity index (χ2v) is 4.01. The first kappa shape index (κ1) is 12.9. The van der Waals surface area contributed by atoms with Crippen LogP contribution in [0.2, 0.25) is 0 Å². The zero-order chi connectivity index (χ0) is 13.3. The molecule has 0 saturated carbocycles. The van der Waals surface area contributed by atoms with Gasteiger partial charge in [0, 0.05) is 31.4 Å². The Balaban J connectivity index is 1.70. The Labute approximate surface area is 112 Å². The lowest BCUT2D eigenvalue weighted by Gasteiger charge is -2.14. The minimum Gasteiger partial charge on any atom is -0.494 e. The van der Waals surface area contributed by atoms with Crippen molar-refractivity contribution < 1.29 is 4.74 Å². The fraction of sp³-hybridized carbons (Fsp3) is 0.200. The number of nitriles is 1. The second-order valence-electron chi connectivity index (χ2n) is 4.01. The highest BCUT2D eigenvalue weighted by atomic mass is 16.5. The van der Waals surface area contributed by atoms with E-state index in [4.69, 9.17) is 10.00 Å². The van der Waals surface area contributed by atoms with Crippen LogP contribution in [-0.4, -0.2) is 24.3 Å². The van der Waals surface area contributed by atoms with Crippen LogP contribution < -0.4 is 4.74 Å². The van der Waals surface area contributed by atoms with Crippen LogP contribution in [0.1, 0.15) is 12.0 Å². The van der Waals surface area contributed by atoms with Crippen molar-refractivity contribution in [2.75, 3.05) is 13.2 Å². The Hall–Kier alpha value is -2.54. The summed E-state index contributed by atoms with van der Waals surface area (Å²) >= 11 is 0. The molecule has 1 aromatic rings. The van der Waals surface area contributed by atoms with Crippen molar-refractivity contribution in [3.05, 3.63) is 54.5 Å². The molecule has 1 aliphatic heterocycles. The summed E-state index contributed by atoms with van der Waals surface area (Å²) in [5, 5.41) is 8.69. The van der Waals surface area contributed by atoms with Gasteiger partial charge in [-0.15, -0.1) is 0 Å². The van der Waals surface area contributed by atoms with E-state index in [1.165, 1.54) is 0 Å². The maximum absolute atomic E-state index is 8.69. The van der Waals surface area contributed by atoms with Gasteiger partial charge in [0.2, 0.25) is 0 Å². The molecule has 1 heterocycles. The van der Waals surface area contributed by atoms with E-state index in [2.05, 4.69) is 16.0 Å². The maximum atomic E-state index is 8.69. The molecule has 0 saturated heterocycles. The molecule has 0 atom stereocenters. The average molecular weight is 253 g/mol. The largest absolute Gasteiger partial charge is 0.494 e. The lowest BCUT2D eigenvalue weighted by atomic mass is 10.2. The first-order chi connectivity index (χ1) is 9.38. The maximum Gasteiger partial charge on any atom is 0.119 e. The molecule has 0 fully saturated rings. The van der Waals surface area contributed by atoms with Crippen LogP contribution in [0.5, 0.6) is 5.75 Å². The Morgan fingerprint density at radius 3 is 2.84 bits per heavy atom. The van der Waals surface area contributed by atoms with Crippen LogP contribution in [0.15, 0.2) is 53.9 Å². The smallest absolute Gasteiger partial charge is 0.119 e. The number of hydrogen-bond acceptors (Lipinski definition) is 4. The zero-order valence-electron chi connectivity index (χ0n) is 10.6. The standard InChI is InChI=1S/C15H15N3O/c16-13-14-3-5-15(6-4-14)19-12-2-10-18-9-1-7-17-8-11-18/h1,3-9,11H,2,10,12H2. The molecule has 0 bridgehead atoms. The average Bonchev–Trinajstić information content (AvgIpc) is 2.73. The van der Waals surface area contributed by atoms with Crippen molar-refractivity contribution in [3.8, 4) is 11.8 Å². The van der Waals surface area contributed by atoms with E-state index in [0.29, 0.717) is 12.2 Å². The summed E-state index contributed by atoms with van der Waals surface area (Å²) in [6, 6.07) is 9.23. The molecule has 0 aromatic heterocycles. The monoisotopic (exact) mass is 253 g/mol. The summed E-state index contributed by atoms with van der Waals surface area (Å²) in [4.78, 5) is 6.09. The van der Waals surface area contributed by atoms with Gasteiger partial charge in [-0.25, -0.2) is 0 Å². The third kappa shape index (κ3) is 4.32. The highest BCUT2D eigenvalue weighted by molar-refractivity contribution is 5.71. The molecule has 1 aliphatic rings. The van der Waals surface area contributed by atoms with Crippen LogP contribution in [0.3, 0.4) is 0 Å². The molecule has 0 N–H and O–H groups in total. The fourth-order valence-corrected chi connectivity index (χ4v) is 1.63. The predicted octanol–water partition coefficient (Wildman–Crippen LogP) is 2.70. The zero-order valence-corrected chi connectivity index (χ0v) is 10.6. The van der Waals surface area contributed by atoms with Crippen molar-refractivity contribution in [2.24, 2.45) is 4.99 Å². The Kier molecular flexibility index (Phi) is 4.77. The number of hydrogen-bond donors (Lipinski definition) is 0. The number of allylic oxidation sites excluding steroid dienone is 1. The summed E-state index contributed by atoms with van der Waals surface area (Å²) in [6.07, 6.45) is 10.2. The van der Waals surface area contributed by atoms with Crippen LogP contribution in [-0.2, 0) is 0 Å². The molecular formula is C15H15N3O. The van der Waals surface area contributed by atoms with Gasteiger partial charge in [0.25, 0.3) is 0 Å². The van der Waals surface area contributed by atoms with E-state index in [1.54, 1.807) is 24.5 Å². The lowest BCUT2D eigenvalue weighted by Crippen LogP contribution is -2.13. The van der Waals surface area contributed by atoms with Crippen LogP contribution >= 0.6 is 0 Å². The molecule has 1 aromatic carbocycles. The second kappa shape index (κ2) is 7.02.